The van der Waals surface area contributed by atoms with Gasteiger partial charge in [-0.1, -0.05) is 19.1 Å². The number of aryl methyl sites for hydroxylation is 1. The van der Waals surface area contributed by atoms with Crippen LogP contribution in [-0.4, -0.2) is 31.6 Å². The Labute approximate surface area is 109 Å². The van der Waals surface area contributed by atoms with Gasteiger partial charge in [0.15, 0.2) is 0 Å². The molecule has 0 saturated heterocycles. The van der Waals surface area contributed by atoms with Crippen LogP contribution >= 0.6 is 0 Å². The summed E-state index contributed by atoms with van der Waals surface area (Å²) in [6.07, 6.45) is 0. The van der Waals surface area contributed by atoms with E-state index in [0.717, 1.165) is 18.8 Å². The fourth-order valence-electron chi connectivity index (χ4n) is 1.96. The first-order valence-corrected chi connectivity index (χ1v) is 6.42. The fourth-order valence-corrected chi connectivity index (χ4v) is 1.96. The molecule has 0 radical (unpaired) electrons. The summed E-state index contributed by atoms with van der Waals surface area (Å²) in [7, 11) is 0. The first-order chi connectivity index (χ1) is 8.58. The number of anilines is 1. The molecule has 0 aliphatic heterocycles. The van der Waals surface area contributed by atoms with Crippen LogP contribution in [0.5, 0.6) is 0 Å². The minimum absolute atomic E-state index is 0.303. The van der Waals surface area contributed by atoms with Crippen molar-refractivity contribution in [3.8, 4) is 0 Å². The van der Waals surface area contributed by atoms with Gasteiger partial charge in [-0.3, -0.25) is 4.79 Å². The standard InChI is InChI=1S/C14H23N3O/c1-4-16-13(14(15)18)10-17(5-2)12-8-6-7-11(3)9-12/h6-9,13,16H,4-5,10H2,1-3H3,(H2,15,18). The minimum Gasteiger partial charge on any atom is -0.370 e. The second kappa shape index (κ2) is 7.01. The Morgan fingerprint density at radius 3 is 2.67 bits per heavy atom. The molecule has 3 N–H and O–H groups in total. The van der Waals surface area contributed by atoms with Gasteiger partial charge in [-0.05, 0) is 38.1 Å². The molecule has 4 heteroatoms. The number of carbonyl (C=O) groups is 1. The van der Waals surface area contributed by atoms with Gasteiger partial charge in [-0.15, -0.1) is 0 Å². The number of benzene rings is 1. The lowest BCUT2D eigenvalue weighted by atomic mass is 10.2. The maximum atomic E-state index is 11.4. The van der Waals surface area contributed by atoms with Gasteiger partial charge in [-0.2, -0.15) is 0 Å². The molecule has 0 heterocycles. The number of hydrogen-bond donors (Lipinski definition) is 2. The van der Waals surface area contributed by atoms with Gasteiger partial charge in [0.05, 0.1) is 0 Å². The van der Waals surface area contributed by atoms with Crippen molar-refractivity contribution in [1.29, 1.82) is 0 Å². The molecular weight excluding hydrogens is 226 g/mol. The lowest BCUT2D eigenvalue weighted by molar-refractivity contribution is -0.119. The molecule has 1 atom stereocenters. The van der Waals surface area contributed by atoms with Crippen LogP contribution in [0.25, 0.3) is 0 Å². The number of nitrogens with two attached hydrogens (primary N) is 1. The number of rotatable bonds is 7. The molecule has 0 spiro atoms. The molecule has 0 aliphatic carbocycles. The highest BCUT2D eigenvalue weighted by Crippen LogP contribution is 2.15. The Morgan fingerprint density at radius 1 is 1.44 bits per heavy atom. The van der Waals surface area contributed by atoms with Crippen LogP contribution in [0.4, 0.5) is 5.69 Å². The second-order valence-electron chi connectivity index (χ2n) is 4.39. The van der Waals surface area contributed by atoms with Gasteiger partial charge < -0.3 is 16.0 Å². The van der Waals surface area contributed by atoms with Crippen molar-refractivity contribution in [2.75, 3.05) is 24.5 Å². The quantitative estimate of drug-likeness (QED) is 0.765. The molecule has 0 aromatic heterocycles. The summed E-state index contributed by atoms with van der Waals surface area (Å²) < 4.78 is 0. The summed E-state index contributed by atoms with van der Waals surface area (Å²) >= 11 is 0. The molecule has 0 bridgehead atoms. The summed E-state index contributed by atoms with van der Waals surface area (Å²) in [5.74, 6) is -0.303. The average molecular weight is 249 g/mol. The van der Waals surface area contributed by atoms with Gasteiger partial charge in [0.25, 0.3) is 0 Å². The smallest absolute Gasteiger partial charge is 0.236 e. The van der Waals surface area contributed by atoms with Crippen LogP contribution in [0.1, 0.15) is 19.4 Å². The van der Waals surface area contributed by atoms with Crippen molar-refractivity contribution in [3.63, 3.8) is 0 Å². The Balaban J connectivity index is 2.80. The topological polar surface area (TPSA) is 58.4 Å². The number of amides is 1. The highest BCUT2D eigenvalue weighted by atomic mass is 16.1. The average Bonchev–Trinajstić information content (AvgIpc) is 2.34. The lowest BCUT2D eigenvalue weighted by Crippen LogP contribution is -2.49. The molecule has 1 aromatic carbocycles. The SMILES string of the molecule is CCNC(CN(CC)c1cccc(C)c1)C(N)=O. The summed E-state index contributed by atoms with van der Waals surface area (Å²) in [4.78, 5) is 13.5. The van der Waals surface area contributed by atoms with Gasteiger partial charge in [0, 0.05) is 18.8 Å². The van der Waals surface area contributed by atoms with Crippen LogP contribution in [0.2, 0.25) is 0 Å². The summed E-state index contributed by atoms with van der Waals surface area (Å²) in [6, 6.07) is 7.96. The molecule has 0 saturated carbocycles. The predicted molar refractivity (Wildman–Crippen MR) is 75.7 cm³/mol. The maximum Gasteiger partial charge on any atom is 0.236 e. The molecule has 1 rings (SSSR count). The number of primary amides is 1. The van der Waals surface area contributed by atoms with Gasteiger partial charge >= 0.3 is 0 Å². The third-order valence-corrected chi connectivity index (χ3v) is 2.95. The van der Waals surface area contributed by atoms with Gasteiger partial charge in [0.1, 0.15) is 6.04 Å². The molecule has 4 nitrogen and oxygen atoms in total. The molecule has 0 fully saturated rings. The van der Waals surface area contributed by atoms with E-state index in [1.54, 1.807) is 0 Å². The highest BCUT2D eigenvalue weighted by molar-refractivity contribution is 5.80. The van der Waals surface area contributed by atoms with Crippen molar-refractivity contribution >= 4 is 11.6 Å². The fraction of sp³-hybridized carbons (Fsp3) is 0.500. The van der Waals surface area contributed by atoms with E-state index in [1.807, 2.05) is 13.0 Å². The van der Waals surface area contributed by atoms with Crippen LogP contribution in [0, 0.1) is 6.92 Å². The summed E-state index contributed by atoms with van der Waals surface area (Å²) in [6.45, 7) is 8.29. The number of hydrogen-bond acceptors (Lipinski definition) is 3. The first kappa shape index (κ1) is 14.5. The van der Waals surface area contributed by atoms with Crippen molar-refractivity contribution < 1.29 is 4.79 Å². The second-order valence-corrected chi connectivity index (χ2v) is 4.39. The maximum absolute atomic E-state index is 11.4. The van der Waals surface area contributed by atoms with E-state index < -0.39 is 0 Å². The minimum atomic E-state index is -0.310. The van der Waals surface area contributed by atoms with E-state index in [1.165, 1.54) is 5.56 Å². The number of nitrogens with one attached hydrogen (secondary N) is 1. The molecule has 0 aliphatic rings. The van der Waals surface area contributed by atoms with Crippen LogP contribution < -0.4 is 16.0 Å². The predicted octanol–water partition coefficient (Wildman–Crippen LogP) is 1.28. The Bertz CT molecular complexity index is 392. The van der Waals surface area contributed by atoms with Crippen LogP contribution in [-0.2, 0) is 4.79 Å². The number of carbonyl (C=O) groups excluding carboxylic acids is 1. The Kier molecular flexibility index (Phi) is 5.65. The molecular formula is C14H23N3O. The zero-order valence-corrected chi connectivity index (χ0v) is 11.4. The Morgan fingerprint density at radius 2 is 2.17 bits per heavy atom. The van der Waals surface area contributed by atoms with Crippen molar-refractivity contribution in [2.45, 2.75) is 26.8 Å². The zero-order valence-electron chi connectivity index (χ0n) is 11.4. The number of likely N-dealkylation sites (N-methyl/N-ethyl adjacent to an activating group) is 2. The van der Waals surface area contributed by atoms with Crippen LogP contribution in [0.3, 0.4) is 0 Å². The van der Waals surface area contributed by atoms with E-state index in [4.69, 9.17) is 5.73 Å². The molecule has 18 heavy (non-hydrogen) atoms. The third kappa shape index (κ3) is 4.04. The number of nitrogens with zero attached hydrogens (tertiary/aromatic N) is 1. The van der Waals surface area contributed by atoms with E-state index in [2.05, 4.69) is 42.3 Å². The molecule has 1 aromatic rings. The molecule has 1 amide bonds. The van der Waals surface area contributed by atoms with Crippen molar-refractivity contribution in [2.24, 2.45) is 5.73 Å². The highest BCUT2D eigenvalue weighted by Gasteiger charge is 2.17. The zero-order chi connectivity index (χ0) is 13.5. The molecule has 100 valence electrons. The largest absolute Gasteiger partial charge is 0.370 e. The first-order valence-electron chi connectivity index (χ1n) is 6.42. The summed E-state index contributed by atoms with van der Waals surface area (Å²) in [5, 5.41) is 3.12. The van der Waals surface area contributed by atoms with E-state index in [-0.39, 0.29) is 11.9 Å². The Hall–Kier alpha value is -1.55. The molecule has 1 unspecified atom stereocenters. The van der Waals surface area contributed by atoms with E-state index in [0.29, 0.717) is 6.54 Å². The van der Waals surface area contributed by atoms with Gasteiger partial charge in [0.2, 0.25) is 5.91 Å². The summed E-state index contributed by atoms with van der Waals surface area (Å²) in [5.41, 5.74) is 7.75. The van der Waals surface area contributed by atoms with Crippen molar-refractivity contribution in [1.82, 2.24) is 5.32 Å². The van der Waals surface area contributed by atoms with E-state index >= 15 is 0 Å². The normalized spacial score (nSPS) is 12.2. The monoisotopic (exact) mass is 249 g/mol. The van der Waals surface area contributed by atoms with Crippen LogP contribution in [0.15, 0.2) is 24.3 Å². The lowest BCUT2D eigenvalue weighted by Gasteiger charge is -2.27. The van der Waals surface area contributed by atoms with Gasteiger partial charge in [-0.25, -0.2) is 0 Å². The van der Waals surface area contributed by atoms with Crippen molar-refractivity contribution in [3.05, 3.63) is 29.8 Å². The third-order valence-electron chi connectivity index (χ3n) is 2.95. The van der Waals surface area contributed by atoms with E-state index in [9.17, 15) is 4.79 Å².